The molecule has 1 amide bonds. The van der Waals surface area contributed by atoms with E-state index < -0.39 is 0 Å². The predicted molar refractivity (Wildman–Crippen MR) is 71.2 cm³/mol. The van der Waals surface area contributed by atoms with E-state index in [0.717, 1.165) is 0 Å². The summed E-state index contributed by atoms with van der Waals surface area (Å²) in [6, 6.07) is 11.8. The van der Waals surface area contributed by atoms with Crippen molar-refractivity contribution in [3.05, 3.63) is 53.9 Å². The lowest BCUT2D eigenvalue weighted by Gasteiger charge is -2.06. The van der Waals surface area contributed by atoms with Crippen molar-refractivity contribution in [1.82, 2.24) is 4.98 Å². The Bertz CT molecular complexity index is 647. The molecule has 0 saturated heterocycles. The van der Waals surface area contributed by atoms with Crippen LogP contribution in [0.3, 0.4) is 0 Å². The molecule has 0 saturated carbocycles. The van der Waals surface area contributed by atoms with E-state index >= 15 is 0 Å². The molecule has 1 aromatic carbocycles. The molecule has 0 unspecified atom stereocenters. The van der Waals surface area contributed by atoms with Gasteiger partial charge in [0, 0.05) is 11.9 Å². The average molecular weight is 253 g/mol. The highest BCUT2D eigenvalue weighted by molar-refractivity contribution is 6.03. The normalized spacial score (nSPS) is 9.47. The molecule has 0 aliphatic carbocycles. The van der Waals surface area contributed by atoms with Crippen molar-refractivity contribution in [2.45, 2.75) is 0 Å². The summed E-state index contributed by atoms with van der Waals surface area (Å²) >= 11 is 0. The van der Waals surface area contributed by atoms with Gasteiger partial charge in [0.05, 0.1) is 17.3 Å². The van der Waals surface area contributed by atoms with Crippen LogP contribution in [0.4, 0.5) is 11.4 Å². The van der Waals surface area contributed by atoms with Gasteiger partial charge in [-0.3, -0.25) is 15.6 Å². The van der Waals surface area contributed by atoms with Crippen molar-refractivity contribution in [3.8, 4) is 6.07 Å². The van der Waals surface area contributed by atoms with Crippen LogP contribution in [0.25, 0.3) is 0 Å². The van der Waals surface area contributed by atoms with E-state index in [9.17, 15) is 4.79 Å². The number of nitrogen functional groups attached to an aromatic ring is 1. The van der Waals surface area contributed by atoms with Crippen LogP contribution >= 0.6 is 0 Å². The van der Waals surface area contributed by atoms with E-state index in [4.69, 9.17) is 11.1 Å². The maximum absolute atomic E-state index is 12.0. The number of carbonyl (C=O) groups is 1. The quantitative estimate of drug-likeness (QED) is 0.568. The van der Waals surface area contributed by atoms with Crippen LogP contribution < -0.4 is 16.6 Å². The second kappa shape index (κ2) is 5.62. The van der Waals surface area contributed by atoms with Crippen molar-refractivity contribution in [3.63, 3.8) is 0 Å². The summed E-state index contributed by atoms with van der Waals surface area (Å²) in [5.41, 5.74) is 4.28. The molecule has 0 bridgehead atoms. The smallest absolute Gasteiger partial charge is 0.274 e. The largest absolute Gasteiger partial charge is 0.324 e. The fraction of sp³-hybridized carbons (Fsp3) is 0. The second-order valence-electron chi connectivity index (χ2n) is 3.72. The molecule has 0 aliphatic heterocycles. The average Bonchev–Trinajstić information content (AvgIpc) is 2.47. The predicted octanol–water partition coefficient (Wildman–Crippen LogP) is 1.49. The van der Waals surface area contributed by atoms with Crippen LogP contribution in [0.5, 0.6) is 0 Å². The van der Waals surface area contributed by atoms with Gasteiger partial charge in [-0.1, -0.05) is 6.07 Å². The van der Waals surface area contributed by atoms with Crippen molar-refractivity contribution in [1.29, 1.82) is 5.26 Å². The number of carbonyl (C=O) groups excluding carboxylic acids is 1. The first-order valence-corrected chi connectivity index (χ1v) is 5.47. The fourth-order valence-electron chi connectivity index (χ4n) is 1.51. The highest BCUT2D eigenvalue weighted by Gasteiger charge is 2.08. The Kier molecular flexibility index (Phi) is 3.71. The molecular weight excluding hydrogens is 242 g/mol. The third-order valence-electron chi connectivity index (χ3n) is 2.41. The summed E-state index contributed by atoms with van der Waals surface area (Å²) < 4.78 is 0. The first kappa shape index (κ1) is 12.5. The zero-order chi connectivity index (χ0) is 13.7. The first-order valence-electron chi connectivity index (χ1n) is 5.47. The van der Waals surface area contributed by atoms with E-state index in [1.807, 2.05) is 6.07 Å². The van der Waals surface area contributed by atoms with Gasteiger partial charge in [-0.05, 0) is 30.3 Å². The van der Waals surface area contributed by atoms with Gasteiger partial charge in [0.1, 0.15) is 5.69 Å². The number of nitrogens with zero attached hydrogens (tertiary/aromatic N) is 2. The summed E-state index contributed by atoms with van der Waals surface area (Å²) in [6.45, 7) is 0. The minimum Gasteiger partial charge on any atom is -0.324 e. The van der Waals surface area contributed by atoms with Crippen LogP contribution in [0.2, 0.25) is 0 Å². The minimum absolute atomic E-state index is 0.234. The number of pyridine rings is 1. The maximum Gasteiger partial charge on any atom is 0.274 e. The van der Waals surface area contributed by atoms with E-state index in [1.165, 1.54) is 12.3 Å². The van der Waals surface area contributed by atoms with Gasteiger partial charge in [-0.25, -0.2) is 0 Å². The third kappa shape index (κ3) is 3.06. The molecule has 0 radical (unpaired) electrons. The highest BCUT2D eigenvalue weighted by Crippen LogP contribution is 2.12. The van der Waals surface area contributed by atoms with Gasteiger partial charge in [0.25, 0.3) is 5.91 Å². The Morgan fingerprint density at radius 1 is 1.26 bits per heavy atom. The second-order valence-corrected chi connectivity index (χ2v) is 3.72. The Morgan fingerprint density at radius 3 is 2.84 bits per heavy atom. The summed E-state index contributed by atoms with van der Waals surface area (Å²) in [4.78, 5) is 15.9. The zero-order valence-corrected chi connectivity index (χ0v) is 9.92. The number of hydrazine groups is 1. The number of benzene rings is 1. The topological polar surface area (TPSA) is 104 Å². The number of rotatable bonds is 3. The molecule has 4 N–H and O–H groups in total. The van der Waals surface area contributed by atoms with Crippen LogP contribution in [0.15, 0.2) is 42.6 Å². The molecule has 6 heteroatoms. The molecule has 0 fully saturated rings. The molecule has 0 aliphatic rings. The van der Waals surface area contributed by atoms with Crippen LogP contribution in [0.1, 0.15) is 16.1 Å². The van der Waals surface area contributed by atoms with E-state index in [1.54, 1.807) is 30.3 Å². The molecule has 0 spiro atoms. The van der Waals surface area contributed by atoms with Crippen LogP contribution in [0, 0.1) is 11.3 Å². The monoisotopic (exact) mass is 253 g/mol. The number of nitrogens with one attached hydrogen (secondary N) is 2. The van der Waals surface area contributed by atoms with Gasteiger partial charge in [0.2, 0.25) is 0 Å². The standard InChI is InChI=1S/C13H11N5O/c14-8-9-2-1-3-10(6-9)17-13(19)12-7-11(18-15)4-5-16-12/h1-7H,15H2,(H,16,18)(H,17,19). The SMILES string of the molecule is N#Cc1cccc(NC(=O)c2cc(NN)ccn2)c1. The number of nitrogens with two attached hydrogens (primary N) is 1. The van der Waals surface area contributed by atoms with Gasteiger partial charge in [-0.15, -0.1) is 0 Å². The lowest BCUT2D eigenvalue weighted by atomic mass is 10.2. The Labute approximate surface area is 109 Å². The lowest BCUT2D eigenvalue weighted by Crippen LogP contribution is -2.15. The van der Waals surface area contributed by atoms with Crippen molar-refractivity contribution < 1.29 is 4.79 Å². The number of nitriles is 1. The Morgan fingerprint density at radius 2 is 2.11 bits per heavy atom. The molecule has 0 atom stereocenters. The van der Waals surface area contributed by atoms with E-state index in [-0.39, 0.29) is 11.6 Å². The summed E-state index contributed by atoms with van der Waals surface area (Å²) in [5, 5.41) is 11.4. The molecule has 2 rings (SSSR count). The maximum atomic E-state index is 12.0. The van der Waals surface area contributed by atoms with Crippen molar-refractivity contribution in [2.75, 3.05) is 10.7 Å². The molecule has 94 valence electrons. The Hall–Kier alpha value is -2.91. The lowest BCUT2D eigenvalue weighted by molar-refractivity contribution is 0.102. The highest BCUT2D eigenvalue weighted by atomic mass is 16.1. The number of hydrogen-bond acceptors (Lipinski definition) is 5. The number of aromatic nitrogens is 1. The summed E-state index contributed by atoms with van der Waals surface area (Å²) in [5.74, 6) is 4.90. The summed E-state index contributed by atoms with van der Waals surface area (Å²) in [6.07, 6.45) is 1.48. The number of amides is 1. The van der Waals surface area contributed by atoms with Crippen molar-refractivity contribution in [2.24, 2.45) is 5.84 Å². The Balaban J connectivity index is 2.18. The van der Waals surface area contributed by atoms with E-state index in [2.05, 4.69) is 15.7 Å². The molecule has 19 heavy (non-hydrogen) atoms. The van der Waals surface area contributed by atoms with Gasteiger partial charge < -0.3 is 10.7 Å². The van der Waals surface area contributed by atoms with Crippen LogP contribution in [-0.4, -0.2) is 10.9 Å². The van der Waals surface area contributed by atoms with Gasteiger partial charge >= 0.3 is 0 Å². The number of hydrogen-bond donors (Lipinski definition) is 3. The molecule has 2 aromatic rings. The first-order chi connectivity index (χ1) is 9.22. The third-order valence-corrected chi connectivity index (χ3v) is 2.41. The van der Waals surface area contributed by atoms with Crippen molar-refractivity contribution >= 4 is 17.3 Å². The summed E-state index contributed by atoms with van der Waals surface area (Å²) in [7, 11) is 0. The molecular formula is C13H11N5O. The van der Waals surface area contributed by atoms with Gasteiger partial charge in [-0.2, -0.15) is 5.26 Å². The minimum atomic E-state index is -0.368. The molecule has 1 heterocycles. The molecule has 1 aromatic heterocycles. The fourth-order valence-corrected chi connectivity index (χ4v) is 1.51. The molecule has 6 nitrogen and oxygen atoms in total. The van der Waals surface area contributed by atoms with Gasteiger partial charge in [0.15, 0.2) is 0 Å². The number of anilines is 2. The zero-order valence-electron chi connectivity index (χ0n) is 9.92. The van der Waals surface area contributed by atoms with E-state index in [0.29, 0.717) is 16.9 Å². The van der Waals surface area contributed by atoms with Crippen LogP contribution in [-0.2, 0) is 0 Å².